The van der Waals surface area contributed by atoms with Crippen LogP contribution in [0.4, 0.5) is 4.79 Å². The van der Waals surface area contributed by atoms with Crippen molar-refractivity contribution in [3.05, 3.63) is 0 Å². The van der Waals surface area contributed by atoms with E-state index in [1.807, 2.05) is 11.8 Å². The summed E-state index contributed by atoms with van der Waals surface area (Å²) in [6.07, 6.45) is 2.99. The summed E-state index contributed by atoms with van der Waals surface area (Å²) >= 11 is 0. The van der Waals surface area contributed by atoms with E-state index in [2.05, 4.69) is 10.2 Å². The lowest BCUT2D eigenvalue weighted by Crippen LogP contribution is -2.50. The Morgan fingerprint density at radius 3 is 2.58 bits per heavy atom. The quantitative estimate of drug-likeness (QED) is 0.668. The molecule has 2 heterocycles. The van der Waals surface area contributed by atoms with E-state index in [1.165, 1.54) is 0 Å². The van der Waals surface area contributed by atoms with E-state index in [0.29, 0.717) is 25.2 Å². The number of nitrogens with one attached hydrogen (secondary N) is 1. The van der Waals surface area contributed by atoms with Crippen molar-refractivity contribution in [3.63, 3.8) is 0 Å². The van der Waals surface area contributed by atoms with Crippen LogP contribution in [0, 0.1) is 0 Å². The van der Waals surface area contributed by atoms with Gasteiger partial charge in [-0.2, -0.15) is 0 Å². The van der Waals surface area contributed by atoms with E-state index in [0.717, 1.165) is 52.1 Å². The molecule has 0 aromatic rings. The number of carbonyl (C=O) groups is 2. The molecule has 8 nitrogen and oxygen atoms in total. The predicted molar refractivity (Wildman–Crippen MR) is 99.1 cm³/mol. The molecule has 0 bridgehead atoms. The molecule has 2 fully saturated rings. The second-order valence-electron chi connectivity index (χ2n) is 7.13. The summed E-state index contributed by atoms with van der Waals surface area (Å²) in [6.45, 7) is 7.02. The molecule has 0 saturated carbocycles. The average molecular weight is 370 g/mol. The predicted octanol–water partition coefficient (Wildman–Crippen LogP) is 0.376. The highest BCUT2D eigenvalue weighted by molar-refractivity contribution is 5.77. The second kappa shape index (κ2) is 10.7. The molecule has 2 aliphatic rings. The van der Waals surface area contributed by atoms with Crippen LogP contribution in [0.1, 0.15) is 26.2 Å². The number of ether oxygens (including phenoxy) is 2. The third-order valence-electron chi connectivity index (χ3n) is 5.07. The Kier molecular flexibility index (Phi) is 8.61. The van der Waals surface area contributed by atoms with Crippen molar-refractivity contribution >= 4 is 11.9 Å². The molecule has 1 N–H and O–H groups in total. The Morgan fingerprint density at radius 1 is 1.19 bits per heavy atom. The SMILES string of the molecule is CCOCC(=O)NCCN(C1CCOCC1)C1CCN(C(=O)N(C)C)C1. The molecule has 0 aromatic carbocycles. The molecule has 150 valence electrons. The third-order valence-corrected chi connectivity index (χ3v) is 5.07. The first-order valence-electron chi connectivity index (χ1n) is 9.67. The topological polar surface area (TPSA) is 74.3 Å². The molecule has 0 radical (unpaired) electrons. The molecular formula is C18H34N4O4. The molecule has 1 unspecified atom stereocenters. The van der Waals surface area contributed by atoms with Gasteiger partial charge >= 0.3 is 6.03 Å². The van der Waals surface area contributed by atoms with Crippen molar-refractivity contribution in [3.8, 4) is 0 Å². The summed E-state index contributed by atoms with van der Waals surface area (Å²) < 4.78 is 10.6. The minimum absolute atomic E-state index is 0.0736. The number of urea groups is 1. The van der Waals surface area contributed by atoms with Crippen molar-refractivity contribution in [1.82, 2.24) is 20.0 Å². The van der Waals surface area contributed by atoms with Crippen molar-refractivity contribution < 1.29 is 19.1 Å². The van der Waals surface area contributed by atoms with Crippen LogP contribution in [0.3, 0.4) is 0 Å². The van der Waals surface area contributed by atoms with Crippen LogP contribution in [0.5, 0.6) is 0 Å². The fourth-order valence-corrected chi connectivity index (χ4v) is 3.72. The molecule has 2 saturated heterocycles. The lowest BCUT2D eigenvalue weighted by atomic mass is 10.0. The van der Waals surface area contributed by atoms with Gasteiger partial charge in [0.2, 0.25) is 5.91 Å². The van der Waals surface area contributed by atoms with Gasteiger partial charge in [-0.15, -0.1) is 0 Å². The van der Waals surface area contributed by atoms with Crippen molar-refractivity contribution in [2.75, 3.05) is 66.7 Å². The Labute approximate surface area is 156 Å². The van der Waals surface area contributed by atoms with Gasteiger partial charge in [0.1, 0.15) is 6.61 Å². The Hall–Kier alpha value is -1.38. The Bertz CT molecular complexity index is 454. The zero-order chi connectivity index (χ0) is 18.9. The second-order valence-corrected chi connectivity index (χ2v) is 7.13. The van der Waals surface area contributed by atoms with Gasteiger partial charge in [-0.25, -0.2) is 4.79 Å². The third kappa shape index (κ3) is 6.10. The van der Waals surface area contributed by atoms with Crippen LogP contribution in [0.15, 0.2) is 0 Å². The van der Waals surface area contributed by atoms with E-state index in [-0.39, 0.29) is 18.5 Å². The number of rotatable bonds is 8. The number of carbonyl (C=O) groups excluding carboxylic acids is 2. The van der Waals surface area contributed by atoms with E-state index < -0.39 is 0 Å². The van der Waals surface area contributed by atoms with Crippen molar-refractivity contribution in [2.45, 2.75) is 38.3 Å². The Morgan fingerprint density at radius 2 is 1.92 bits per heavy atom. The summed E-state index contributed by atoms with van der Waals surface area (Å²) in [6, 6.07) is 0.863. The fraction of sp³-hybridized carbons (Fsp3) is 0.889. The van der Waals surface area contributed by atoms with Crippen LogP contribution in [0.25, 0.3) is 0 Å². The fourth-order valence-electron chi connectivity index (χ4n) is 3.72. The first-order chi connectivity index (χ1) is 12.5. The summed E-state index contributed by atoms with van der Waals surface area (Å²) in [4.78, 5) is 30.0. The zero-order valence-corrected chi connectivity index (χ0v) is 16.4. The van der Waals surface area contributed by atoms with Crippen LogP contribution in [-0.2, 0) is 14.3 Å². The maximum Gasteiger partial charge on any atom is 0.319 e. The maximum atomic E-state index is 12.2. The molecule has 8 heteroatoms. The highest BCUT2D eigenvalue weighted by Crippen LogP contribution is 2.23. The summed E-state index contributed by atoms with van der Waals surface area (Å²) in [7, 11) is 3.58. The van der Waals surface area contributed by atoms with Crippen molar-refractivity contribution in [1.29, 1.82) is 0 Å². The van der Waals surface area contributed by atoms with E-state index in [4.69, 9.17) is 9.47 Å². The van der Waals surface area contributed by atoms with Crippen LogP contribution < -0.4 is 5.32 Å². The molecular weight excluding hydrogens is 336 g/mol. The van der Waals surface area contributed by atoms with Crippen LogP contribution >= 0.6 is 0 Å². The summed E-state index contributed by atoms with van der Waals surface area (Å²) in [5.74, 6) is -0.0744. The molecule has 0 aliphatic carbocycles. The first-order valence-corrected chi connectivity index (χ1v) is 9.67. The summed E-state index contributed by atoms with van der Waals surface area (Å²) in [5, 5.41) is 2.94. The first kappa shape index (κ1) is 20.9. The number of nitrogens with zero attached hydrogens (tertiary/aromatic N) is 3. The largest absolute Gasteiger partial charge is 0.381 e. The number of likely N-dealkylation sites (tertiary alicyclic amines) is 1. The van der Waals surface area contributed by atoms with Gasteiger partial charge in [-0.3, -0.25) is 9.69 Å². The van der Waals surface area contributed by atoms with E-state index >= 15 is 0 Å². The van der Waals surface area contributed by atoms with Gasteiger partial charge in [-0.1, -0.05) is 0 Å². The van der Waals surface area contributed by atoms with Gasteiger partial charge < -0.3 is 24.6 Å². The average Bonchev–Trinajstić information content (AvgIpc) is 3.13. The smallest absolute Gasteiger partial charge is 0.319 e. The standard InChI is InChI=1S/C18H34N4O4/c1-4-25-14-17(23)19-8-10-22(15-6-11-26-12-7-15)16-5-9-21(13-16)18(24)20(2)3/h15-16H,4-14H2,1-3H3,(H,19,23). The number of hydrogen-bond donors (Lipinski definition) is 1. The van der Waals surface area contributed by atoms with E-state index in [1.54, 1.807) is 19.0 Å². The highest BCUT2D eigenvalue weighted by atomic mass is 16.5. The molecule has 0 spiro atoms. The lowest BCUT2D eigenvalue weighted by molar-refractivity contribution is -0.125. The van der Waals surface area contributed by atoms with Crippen molar-refractivity contribution in [2.24, 2.45) is 0 Å². The van der Waals surface area contributed by atoms with Crippen LogP contribution in [0.2, 0.25) is 0 Å². The van der Waals surface area contributed by atoms with Gasteiger partial charge in [0.15, 0.2) is 0 Å². The normalized spacial score (nSPS) is 21.2. The minimum Gasteiger partial charge on any atom is -0.381 e. The van der Waals surface area contributed by atoms with Gasteiger partial charge in [0.25, 0.3) is 0 Å². The molecule has 26 heavy (non-hydrogen) atoms. The number of hydrogen-bond acceptors (Lipinski definition) is 5. The molecule has 2 rings (SSSR count). The van der Waals surface area contributed by atoms with Gasteiger partial charge in [-0.05, 0) is 26.2 Å². The lowest BCUT2D eigenvalue weighted by Gasteiger charge is -2.38. The van der Waals surface area contributed by atoms with Gasteiger partial charge in [0, 0.05) is 72.2 Å². The minimum atomic E-state index is -0.0744. The monoisotopic (exact) mass is 370 g/mol. The van der Waals surface area contributed by atoms with E-state index in [9.17, 15) is 9.59 Å². The molecule has 3 amide bonds. The zero-order valence-electron chi connectivity index (χ0n) is 16.4. The molecule has 0 aromatic heterocycles. The summed E-state index contributed by atoms with van der Waals surface area (Å²) in [5.41, 5.74) is 0. The molecule has 2 aliphatic heterocycles. The van der Waals surface area contributed by atoms with Gasteiger partial charge in [0.05, 0.1) is 0 Å². The highest BCUT2D eigenvalue weighted by Gasteiger charge is 2.34. The number of amides is 3. The van der Waals surface area contributed by atoms with Crippen LogP contribution in [-0.4, -0.2) is 105 Å². The maximum absolute atomic E-state index is 12.2. The Balaban J connectivity index is 1.89. The molecule has 1 atom stereocenters.